The third-order valence-corrected chi connectivity index (χ3v) is 3.48. The molecule has 4 N–H and O–H groups in total. The lowest BCUT2D eigenvalue weighted by molar-refractivity contribution is 0.942. The van der Waals surface area contributed by atoms with Crippen LogP contribution in [0.3, 0.4) is 0 Å². The Morgan fingerprint density at radius 3 is 2.17 bits per heavy atom. The van der Waals surface area contributed by atoms with Gasteiger partial charge in [0.1, 0.15) is 0 Å². The molecule has 7 nitrogen and oxygen atoms in total. The van der Waals surface area contributed by atoms with Crippen LogP contribution in [-0.4, -0.2) is 40.7 Å². The Kier molecular flexibility index (Phi) is 8.70. The minimum atomic E-state index is 0.441. The van der Waals surface area contributed by atoms with Crippen molar-refractivity contribution in [1.82, 2.24) is 26.5 Å². The van der Waals surface area contributed by atoms with Gasteiger partial charge in [-0.15, -0.1) is 0 Å². The average Bonchev–Trinajstić information content (AvgIpc) is 2.59. The van der Waals surface area contributed by atoms with Crippen molar-refractivity contribution >= 4 is 46.1 Å². The monoisotopic (exact) mass is 351 g/mol. The molecule has 0 unspecified atom stereocenters. The molecule has 124 valence electrons. The molecule has 0 bridgehead atoms. The molecule has 23 heavy (non-hydrogen) atoms. The van der Waals surface area contributed by atoms with Gasteiger partial charge < -0.3 is 10.6 Å². The second-order valence-electron chi connectivity index (χ2n) is 4.49. The summed E-state index contributed by atoms with van der Waals surface area (Å²) in [6.45, 7) is 1.86. The van der Waals surface area contributed by atoms with Crippen molar-refractivity contribution in [3.05, 3.63) is 30.1 Å². The fraction of sp³-hybridized carbons (Fsp3) is 0.357. The molecule has 0 atom stereocenters. The molecular formula is C14H21N7S2. The summed E-state index contributed by atoms with van der Waals surface area (Å²) < 4.78 is 0. The molecule has 0 spiro atoms. The van der Waals surface area contributed by atoms with Gasteiger partial charge in [0.05, 0.1) is 11.4 Å². The standard InChI is InChI=1S/C14H21N7S2/c1-10(18-20-13(22)15-2)12(19-21-14(23)16-3)5-4-11-6-8-17-9-7-11/h6-9H,4-5H2,1-3H3,(H2,15,20,22)(H2,16,21,23)/b18-10-,19-12+. The summed E-state index contributed by atoms with van der Waals surface area (Å²) in [6, 6.07) is 3.95. The molecular weight excluding hydrogens is 330 g/mol. The molecule has 0 aliphatic rings. The highest BCUT2D eigenvalue weighted by molar-refractivity contribution is 7.80. The number of nitrogens with zero attached hydrogens (tertiary/aromatic N) is 3. The minimum absolute atomic E-state index is 0.441. The van der Waals surface area contributed by atoms with Crippen LogP contribution in [0.15, 0.2) is 34.7 Å². The van der Waals surface area contributed by atoms with Gasteiger partial charge in [-0.3, -0.25) is 15.8 Å². The molecule has 0 radical (unpaired) electrons. The van der Waals surface area contributed by atoms with Crippen LogP contribution in [0.1, 0.15) is 18.9 Å². The van der Waals surface area contributed by atoms with Crippen molar-refractivity contribution in [1.29, 1.82) is 0 Å². The van der Waals surface area contributed by atoms with Crippen LogP contribution < -0.4 is 21.5 Å². The highest BCUT2D eigenvalue weighted by atomic mass is 32.1. The van der Waals surface area contributed by atoms with E-state index < -0.39 is 0 Å². The zero-order valence-corrected chi connectivity index (χ0v) is 15.0. The summed E-state index contributed by atoms with van der Waals surface area (Å²) in [6.07, 6.45) is 5.06. The lowest BCUT2D eigenvalue weighted by atomic mass is 10.1. The van der Waals surface area contributed by atoms with Crippen molar-refractivity contribution in [2.45, 2.75) is 19.8 Å². The Balaban J connectivity index is 2.79. The smallest absolute Gasteiger partial charge is 0.186 e. The zero-order valence-electron chi connectivity index (χ0n) is 13.4. The van der Waals surface area contributed by atoms with Gasteiger partial charge in [-0.05, 0) is 61.9 Å². The quantitative estimate of drug-likeness (QED) is 0.345. The maximum Gasteiger partial charge on any atom is 0.186 e. The van der Waals surface area contributed by atoms with Gasteiger partial charge in [-0.1, -0.05) is 0 Å². The van der Waals surface area contributed by atoms with Gasteiger partial charge in [0, 0.05) is 26.5 Å². The van der Waals surface area contributed by atoms with Crippen molar-refractivity contribution in [2.75, 3.05) is 14.1 Å². The van der Waals surface area contributed by atoms with Crippen molar-refractivity contribution in [3.63, 3.8) is 0 Å². The molecule has 1 rings (SSSR count). The Labute approximate surface area is 147 Å². The summed E-state index contributed by atoms with van der Waals surface area (Å²) in [7, 11) is 3.46. The highest BCUT2D eigenvalue weighted by Crippen LogP contribution is 2.03. The zero-order chi connectivity index (χ0) is 17.1. The van der Waals surface area contributed by atoms with E-state index >= 15 is 0 Å². The van der Waals surface area contributed by atoms with Crippen molar-refractivity contribution in [3.8, 4) is 0 Å². The fourth-order valence-electron chi connectivity index (χ4n) is 1.56. The van der Waals surface area contributed by atoms with Crippen molar-refractivity contribution in [2.24, 2.45) is 10.2 Å². The van der Waals surface area contributed by atoms with Gasteiger partial charge in [0.2, 0.25) is 0 Å². The Bertz CT molecular complexity index is 584. The van der Waals surface area contributed by atoms with E-state index in [2.05, 4.69) is 36.7 Å². The van der Waals surface area contributed by atoms with E-state index in [-0.39, 0.29) is 0 Å². The van der Waals surface area contributed by atoms with Gasteiger partial charge >= 0.3 is 0 Å². The molecule has 0 amide bonds. The van der Waals surface area contributed by atoms with Crippen LogP contribution in [0.25, 0.3) is 0 Å². The molecule has 1 aromatic heterocycles. The van der Waals surface area contributed by atoms with Crippen LogP contribution in [0.5, 0.6) is 0 Å². The van der Waals surface area contributed by atoms with E-state index in [0.717, 1.165) is 17.8 Å². The molecule has 0 saturated carbocycles. The Morgan fingerprint density at radius 2 is 1.61 bits per heavy atom. The van der Waals surface area contributed by atoms with Gasteiger partial charge in [0.25, 0.3) is 0 Å². The second-order valence-corrected chi connectivity index (χ2v) is 5.31. The summed E-state index contributed by atoms with van der Waals surface area (Å²) >= 11 is 10.0. The first-order valence-electron chi connectivity index (χ1n) is 7.02. The van der Waals surface area contributed by atoms with E-state index in [0.29, 0.717) is 16.6 Å². The molecule has 1 aromatic rings. The predicted molar refractivity (Wildman–Crippen MR) is 103 cm³/mol. The highest BCUT2D eigenvalue weighted by Gasteiger charge is 2.06. The number of aromatic nitrogens is 1. The van der Waals surface area contributed by atoms with Crippen LogP contribution in [-0.2, 0) is 6.42 Å². The van der Waals surface area contributed by atoms with Gasteiger partial charge in [-0.2, -0.15) is 10.2 Å². The topological polar surface area (TPSA) is 85.7 Å². The Hall–Kier alpha value is -2.13. The number of pyridine rings is 1. The fourth-order valence-corrected chi connectivity index (χ4v) is 1.65. The number of rotatable bonds is 6. The number of hydrazone groups is 2. The number of hydrogen-bond donors (Lipinski definition) is 4. The maximum atomic E-state index is 5.04. The van der Waals surface area contributed by atoms with Gasteiger partial charge in [-0.25, -0.2) is 0 Å². The normalized spacial score (nSPS) is 11.6. The molecule has 1 heterocycles. The average molecular weight is 352 g/mol. The van der Waals surface area contributed by atoms with Crippen LogP contribution in [0.2, 0.25) is 0 Å². The molecule has 0 fully saturated rings. The summed E-state index contributed by atoms with van der Waals surface area (Å²) in [5.41, 5.74) is 8.23. The van der Waals surface area contributed by atoms with E-state index in [1.165, 1.54) is 5.56 Å². The maximum absolute atomic E-state index is 5.04. The van der Waals surface area contributed by atoms with E-state index in [1.54, 1.807) is 26.5 Å². The molecule has 0 aliphatic carbocycles. The van der Waals surface area contributed by atoms with Crippen LogP contribution in [0, 0.1) is 0 Å². The summed E-state index contributed by atoms with van der Waals surface area (Å²) in [5, 5.41) is 15.0. The van der Waals surface area contributed by atoms with Crippen LogP contribution >= 0.6 is 24.4 Å². The SMILES string of the molecule is CNC(=S)N/N=C(C)\C(CCc1ccncc1)=N\NC(=S)NC. The number of thiocarbonyl (C=S) groups is 2. The number of nitrogens with one attached hydrogen (secondary N) is 4. The lowest BCUT2D eigenvalue weighted by Crippen LogP contribution is -2.32. The van der Waals surface area contributed by atoms with E-state index in [9.17, 15) is 0 Å². The number of aryl methyl sites for hydroxylation is 1. The summed E-state index contributed by atoms with van der Waals surface area (Å²) in [4.78, 5) is 4.01. The largest absolute Gasteiger partial charge is 0.364 e. The van der Waals surface area contributed by atoms with Gasteiger partial charge in [0.15, 0.2) is 10.2 Å². The first kappa shape index (κ1) is 18.9. The lowest BCUT2D eigenvalue weighted by Gasteiger charge is -2.09. The summed E-state index contributed by atoms with van der Waals surface area (Å²) in [5.74, 6) is 0. The number of hydrogen-bond acceptors (Lipinski definition) is 5. The van der Waals surface area contributed by atoms with E-state index in [4.69, 9.17) is 24.4 Å². The minimum Gasteiger partial charge on any atom is -0.364 e. The molecule has 9 heteroatoms. The first-order valence-corrected chi connectivity index (χ1v) is 7.84. The first-order chi connectivity index (χ1) is 11.1. The van der Waals surface area contributed by atoms with Crippen LogP contribution in [0.4, 0.5) is 0 Å². The second kappa shape index (κ2) is 10.6. The third kappa shape index (κ3) is 7.61. The predicted octanol–water partition coefficient (Wildman–Crippen LogP) is 0.934. The molecule has 0 saturated heterocycles. The molecule has 0 aliphatic heterocycles. The Morgan fingerprint density at radius 1 is 1.04 bits per heavy atom. The molecule has 0 aromatic carbocycles. The van der Waals surface area contributed by atoms with E-state index in [1.807, 2.05) is 19.1 Å². The third-order valence-electron chi connectivity index (χ3n) is 2.89. The van der Waals surface area contributed by atoms with Crippen molar-refractivity contribution < 1.29 is 0 Å².